The Morgan fingerprint density at radius 1 is 1.29 bits per heavy atom. The lowest BCUT2D eigenvalue weighted by atomic mass is 9.76. The van der Waals surface area contributed by atoms with Gasteiger partial charge in [-0.2, -0.15) is 0 Å². The summed E-state index contributed by atoms with van der Waals surface area (Å²) >= 11 is 0. The van der Waals surface area contributed by atoms with Crippen molar-refractivity contribution in [3.63, 3.8) is 0 Å². The highest BCUT2D eigenvalue weighted by atomic mass is 16.5. The maximum absolute atomic E-state index is 6.19. The molecule has 21 heavy (non-hydrogen) atoms. The Kier molecular flexibility index (Phi) is 5.26. The van der Waals surface area contributed by atoms with E-state index in [2.05, 4.69) is 45.1 Å². The maximum Gasteiger partial charge on any atom is 0.214 e. The van der Waals surface area contributed by atoms with Crippen LogP contribution in [-0.4, -0.2) is 18.1 Å². The van der Waals surface area contributed by atoms with E-state index in [0.717, 1.165) is 31.0 Å². The molecule has 1 aromatic rings. The number of rotatable bonds is 5. The van der Waals surface area contributed by atoms with Crippen LogP contribution in [0.2, 0.25) is 0 Å². The van der Waals surface area contributed by atoms with Crippen molar-refractivity contribution in [2.24, 2.45) is 5.41 Å². The zero-order valence-electron chi connectivity index (χ0n) is 14.2. The third kappa shape index (κ3) is 4.70. The van der Waals surface area contributed by atoms with Crippen LogP contribution in [0.25, 0.3) is 0 Å². The second-order valence-electron chi connectivity index (χ2n) is 7.40. The zero-order chi connectivity index (χ0) is 15.5. The largest absolute Gasteiger partial charge is 0.474 e. The van der Waals surface area contributed by atoms with Gasteiger partial charge in [0.2, 0.25) is 5.88 Å². The molecule has 0 unspecified atom stereocenters. The minimum atomic E-state index is 0.329. The van der Waals surface area contributed by atoms with E-state index in [1.807, 2.05) is 7.05 Å². The summed E-state index contributed by atoms with van der Waals surface area (Å²) in [6, 6.07) is 4.26. The molecule has 1 saturated carbocycles. The van der Waals surface area contributed by atoms with Crippen molar-refractivity contribution in [1.82, 2.24) is 10.3 Å². The third-order valence-corrected chi connectivity index (χ3v) is 4.43. The molecule has 1 aliphatic rings. The molecule has 1 aliphatic carbocycles. The molecule has 1 aromatic heterocycles. The third-order valence-electron chi connectivity index (χ3n) is 4.43. The predicted octanol–water partition coefficient (Wildman–Crippen LogP) is 4.27. The van der Waals surface area contributed by atoms with E-state index in [-0.39, 0.29) is 0 Å². The summed E-state index contributed by atoms with van der Waals surface area (Å²) in [6.45, 7) is 9.92. The summed E-state index contributed by atoms with van der Waals surface area (Å²) in [6.07, 6.45) is 5.09. The lowest BCUT2D eigenvalue weighted by Gasteiger charge is -2.34. The molecule has 0 spiro atoms. The molecule has 0 radical (unpaired) electrons. The average molecular weight is 290 g/mol. The van der Waals surface area contributed by atoms with E-state index in [9.17, 15) is 0 Å². The highest BCUT2D eigenvalue weighted by Gasteiger charge is 2.28. The molecule has 3 nitrogen and oxygen atoms in total. The first kappa shape index (κ1) is 16.3. The van der Waals surface area contributed by atoms with E-state index in [4.69, 9.17) is 9.72 Å². The molecule has 1 fully saturated rings. The number of nitrogens with one attached hydrogen (secondary N) is 1. The van der Waals surface area contributed by atoms with Crippen molar-refractivity contribution >= 4 is 0 Å². The lowest BCUT2D eigenvalue weighted by molar-refractivity contribution is 0.0946. The van der Waals surface area contributed by atoms with Crippen LogP contribution < -0.4 is 10.1 Å². The van der Waals surface area contributed by atoms with Crippen molar-refractivity contribution in [3.8, 4) is 5.88 Å². The molecule has 1 N–H and O–H groups in total. The Bertz CT molecular complexity index is 458. The van der Waals surface area contributed by atoms with Gasteiger partial charge in [-0.15, -0.1) is 0 Å². The van der Waals surface area contributed by atoms with Crippen LogP contribution in [0.4, 0.5) is 0 Å². The Balaban J connectivity index is 2.08. The van der Waals surface area contributed by atoms with Gasteiger partial charge in [0.15, 0.2) is 0 Å². The Morgan fingerprint density at radius 3 is 2.52 bits per heavy atom. The summed E-state index contributed by atoms with van der Waals surface area (Å²) in [5, 5.41) is 3.21. The maximum atomic E-state index is 6.19. The fourth-order valence-electron chi connectivity index (χ4n) is 2.91. The van der Waals surface area contributed by atoms with Crippen LogP contribution in [-0.2, 0) is 6.54 Å². The standard InChI is InChI=1S/C18H30N2O/c1-13(2)16-10-14(12-19-5)11-17(20-16)21-15-6-8-18(3,4)9-7-15/h10-11,13,15,19H,6-9,12H2,1-5H3. The number of ether oxygens (including phenoxy) is 1. The molecule has 0 atom stereocenters. The summed E-state index contributed by atoms with van der Waals surface area (Å²) in [4.78, 5) is 4.70. The van der Waals surface area contributed by atoms with Crippen molar-refractivity contribution < 1.29 is 4.74 Å². The monoisotopic (exact) mass is 290 g/mol. The van der Waals surface area contributed by atoms with Gasteiger partial charge in [-0.3, -0.25) is 0 Å². The van der Waals surface area contributed by atoms with Gasteiger partial charge in [0.25, 0.3) is 0 Å². The molecule has 0 bridgehead atoms. The molecule has 0 amide bonds. The van der Waals surface area contributed by atoms with E-state index >= 15 is 0 Å². The second kappa shape index (κ2) is 6.78. The number of nitrogens with zero attached hydrogens (tertiary/aromatic N) is 1. The molecular weight excluding hydrogens is 260 g/mol. The van der Waals surface area contributed by atoms with E-state index < -0.39 is 0 Å². The zero-order valence-corrected chi connectivity index (χ0v) is 14.2. The number of aromatic nitrogens is 1. The van der Waals surface area contributed by atoms with Gasteiger partial charge in [-0.25, -0.2) is 4.98 Å². The molecule has 3 heteroatoms. The van der Waals surface area contributed by atoms with Gasteiger partial charge >= 0.3 is 0 Å². The Labute approximate surface area is 129 Å². The predicted molar refractivity (Wildman–Crippen MR) is 87.8 cm³/mol. The van der Waals surface area contributed by atoms with Crippen molar-refractivity contribution in [3.05, 3.63) is 23.4 Å². The number of hydrogen-bond acceptors (Lipinski definition) is 3. The van der Waals surface area contributed by atoms with Gasteiger partial charge in [0, 0.05) is 18.3 Å². The first-order chi connectivity index (χ1) is 9.89. The molecule has 0 aliphatic heterocycles. The van der Waals surface area contributed by atoms with Crippen molar-refractivity contribution in [1.29, 1.82) is 0 Å². The summed E-state index contributed by atoms with van der Waals surface area (Å²) in [5.74, 6) is 1.23. The van der Waals surface area contributed by atoms with Gasteiger partial charge in [-0.05, 0) is 55.7 Å². The fourth-order valence-corrected chi connectivity index (χ4v) is 2.91. The smallest absolute Gasteiger partial charge is 0.214 e. The summed E-state index contributed by atoms with van der Waals surface area (Å²) in [5.41, 5.74) is 2.85. The first-order valence-corrected chi connectivity index (χ1v) is 8.22. The van der Waals surface area contributed by atoms with Crippen LogP contribution >= 0.6 is 0 Å². The molecular formula is C18H30N2O. The minimum absolute atomic E-state index is 0.329. The average Bonchev–Trinajstić information content (AvgIpc) is 2.41. The van der Waals surface area contributed by atoms with Crippen LogP contribution in [0.3, 0.4) is 0 Å². The van der Waals surface area contributed by atoms with E-state index in [1.54, 1.807) is 0 Å². The molecule has 0 aromatic carbocycles. The molecule has 2 rings (SSSR count). The highest BCUT2D eigenvalue weighted by Crippen LogP contribution is 2.36. The quantitative estimate of drug-likeness (QED) is 0.879. The van der Waals surface area contributed by atoms with E-state index in [0.29, 0.717) is 17.4 Å². The Hall–Kier alpha value is -1.09. The minimum Gasteiger partial charge on any atom is -0.474 e. The first-order valence-electron chi connectivity index (χ1n) is 8.22. The van der Waals surface area contributed by atoms with Crippen molar-refractivity contribution in [2.45, 2.75) is 71.9 Å². The number of pyridine rings is 1. The van der Waals surface area contributed by atoms with Crippen LogP contribution in [0.15, 0.2) is 12.1 Å². The SMILES string of the molecule is CNCc1cc(OC2CCC(C)(C)CC2)nc(C(C)C)c1. The van der Waals surface area contributed by atoms with E-state index in [1.165, 1.54) is 18.4 Å². The number of hydrogen-bond donors (Lipinski definition) is 1. The molecule has 1 heterocycles. The molecule has 118 valence electrons. The normalized spacial score (nSPS) is 19.0. The topological polar surface area (TPSA) is 34.1 Å². The lowest BCUT2D eigenvalue weighted by Crippen LogP contribution is -2.28. The van der Waals surface area contributed by atoms with Crippen molar-refractivity contribution in [2.75, 3.05) is 7.05 Å². The van der Waals surface area contributed by atoms with Crippen LogP contribution in [0.5, 0.6) is 5.88 Å². The van der Waals surface area contributed by atoms with Gasteiger partial charge in [-0.1, -0.05) is 27.7 Å². The van der Waals surface area contributed by atoms with Gasteiger partial charge in [0.1, 0.15) is 6.10 Å². The fraction of sp³-hybridized carbons (Fsp3) is 0.722. The Morgan fingerprint density at radius 2 is 1.95 bits per heavy atom. The van der Waals surface area contributed by atoms with Crippen LogP contribution in [0.1, 0.15) is 70.6 Å². The van der Waals surface area contributed by atoms with Crippen LogP contribution in [0, 0.1) is 5.41 Å². The highest BCUT2D eigenvalue weighted by molar-refractivity contribution is 5.27. The molecule has 0 saturated heterocycles. The summed E-state index contributed by atoms with van der Waals surface area (Å²) < 4.78 is 6.19. The summed E-state index contributed by atoms with van der Waals surface area (Å²) in [7, 11) is 1.97. The van der Waals surface area contributed by atoms with Gasteiger partial charge in [0.05, 0.1) is 0 Å². The van der Waals surface area contributed by atoms with Gasteiger partial charge < -0.3 is 10.1 Å². The second-order valence-corrected chi connectivity index (χ2v) is 7.40.